The van der Waals surface area contributed by atoms with Gasteiger partial charge in [-0.05, 0) is 127 Å². The molecule has 238 valence electrons. The fraction of sp³-hybridized carbons (Fsp3) is 0.102. The molecule has 0 bridgehead atoms. The van der Waals surface area contributed by atoms with Gasteiger partial charge in [0.05, 0.1) is 0 Å². The minimum Gasteiger partial charge on any atom is -0.310 e. The highest BCUT2D eigenvalue weighted by Crippen LogP contribution is 2.51. The molecule has 8 aromatic rings. The first-order chi connectivity index (χ1) is 24.5. The lowest BCUT2D eigenvalue weighted by Crippen LogP contribution is -2.16. The van der Waals surface area contributed by atoms with Crippen molar-refractivity contribution in [2.45, 2.75) is 31.6 Å². The molecule has 0 radical (unpaired) electrons. The number of rotatable bonds is 5. The van der Waals surface area contributed by atoms with Crippen LogP contribution in [0, 0.1) is 0 Å². The highest BCUT2D eigenvalue weighted by atomic mass is 15.1. The van der Waals surface area contributed by atoms with Crippen molar-refractivity contribution in [3.8, 4) is 22.3 Å². The quantitative estimate of drug-likeness (QED) is 0.181. The van der Waals surface area contributed by atoms with Crippen molar-refractivity contribution in [2.24, 2.45) is 0 Å². The number of anilines is 3. The van der Waals surface area contributed by atoms with Crippen molar-refractivity contribution in [1.29, 1.82) is 0 Å². The van der Waals surface area contributed by atoms with Gasteiger partial charge in [0.15, 0.2) is 0 Å². The molecule has 2 aliphatic carbocycles. The Morgan fingerprint density at radius 3 is 1.88 bits per heavy atom. The van der Waals surface area contributed by atoms with E-state index in [-0.39, 0.29) is 11.3 Å². The molecule has 0 spiro atoms. The van der Waals surface area contributed by atoms with Crippen molar-refractivity contribution >= 4 is 38.6 Å². The maximum atomic E-state index is 2.45. The average molecular weight is 640 g/mol. The molecular weight excluding hydrogens is 603 g/mol. The van der Waals surface area contributed by atoms with E-state index < -0.39 is 0 Å². The number of fused-ring (bicyclic) bond motifs is 6. The van der Waals surface area contributed by atoms with Crippen LogP contribution in [0.5, 0.6) is 0 Å². The summed E-state index contributed by atoms with van der Waals surface area (Å²) in [5.74, 6) is 0.268. The molecule has 0 aromatic heterocycles. The summed E-state index contributed by atoms with van der Waals surface area (Å²) in [6.45, 7) is 4.71. The van der Waals surface area contributed by atoms with Gasteiger partial charge in [0, 0.05) is 28.4 Å². The Morgan fingerprint density at radius 2 is 1.06 bits per heavy atom. The summed E-state index contributed by atoms with van der Waals surface area (Å²) in [6.07, 6.45) is 0.940. The summed E-state index contributed by atoms with van der Waals surface area (Å²) < 4.78 is 0. The Morgan fingerprint density at radius 1 is 0.440 bits per heavy atom. The second-order valence-electron chi connectivity index (χ2n) is 14.5. The van der Waals surface area contributed by atoms with Gasteiger partial charge >= 0.3 is 0 Å². The first-order valence-corrected chi connectivity index (χ1v) is 17.8. The molecule has 2 aliphatic rings. The standard InChI is InChI=1S/C49H37N/c1-49(2)46-21-9-8-18-39(46)40-27-26-38(31-47(40)49)50(36-16-4-3-5-17-36)37-24-22-32(23-25-37)28-43-41-19-10-14-33-15-11-20-42(48(33)41)44-29-34-12-6-7-13-35(34)30-45(43)44/h3-27,29-31,43H,28H2,1-2H3. The van der Waals surface area contributed by atoms with Gasteiger partial charge in [0.2, 0.25) is 0 Å². The Bertz CT molecular complexity index is 2590. The zero-order valence-corrected chi connectivity index (χ0v) is 28.4. The maximum absolute atomic E-state index is 2.45. The van der Waals surface area contributed by atoms with E-state index in [0.29, 0.717) is 0 Å². The number of hydrogen-bond donors (Lipinski definition) is 0. The van der Waals surface area contributed by atoms with Gasteiger partial charge in [0.25, 0.3) is 0 Å². The van der Waals surface area contributed by atoms with Crippen molar-refractivity contribution in [1.82, 2.24) is 0 Å². The Labute approximate surface area is 294 Å². The van der Waals surface area contributed by atoms with E-state index in [1.54, 1.807) is 0 Å². The SMILES string of the molecule is CC1(C)c2ccccc2-c2ccc(N(c3ccccc3)c3ccc(CC4c5cc6ccccc6cc5-c5cccc6cccc4c56)cc3)cc21. The van der Waals surface area contributed by atoms with E-state index in [1.807, 2.05) is 0 Å². The highest BCUT2D eigenvalue weighted by Gasteiger charge is 2.36. The number of benzene rings is 8. The molecule has 10 rings (SSSR count). The fourth-order valence-electron chi connectivity index (χ4n) is 8.92. The van der Waals surface area contributed by atoms with E-state index in [9.17, 15) is 0 Å². The smallest absolute Gasteiger partial charge is 0.0465 e. The zero-order valence-electron chi connectivity index (χ0n) is 28.4. The van der Waals surface area contributed by atoms with Crippen LogP contribution >= 0.6 is 0 Å². The van der Waals surface area contributed by atoms with Crippen molar-refractivity contribution in [3.63, 3.8) is 0 Å². The molecule has 1 nitrogen and oxygen atoms in total. The van der Waals surface area contributed by atoms with Gasteiger partial charge in [-0.25, -0.2) is 0 Å². The second-order valence-corrected chi connectivity index (χ2v) is 14.5. The lowest BCUT2D eigenvalue weighted by molar-refractivity contribution is 0.660. The summed E-state index contributed by atoms with van der Waals surface area (Å²) in [4.78, 5) is 2.40. The van der Waals surface area contributed by atoms with Crippen LogP contribution < -0.4 is 4.90 Å². The molecule has 1 atom stereocenters. The van der Waals surface area contributed by atoms with E-state index >= 15 is 0 Å². The molecule has 0 fully saturated rings. The van der Waals surface area contributed by atoms with Crippen molar-refractivity contribution in [2.75, 3.05) is 4.90 Å². The van der Waals surface area contributed by atoms with Crippen LogP contribution in [0.1, 0.15) is 47.6 Å². The predicted octanol–water partition coefficient (Wildman–Crippen LogP) is 13.1. The Kier molecular flexibility index (Phi) is 6.42. The lowest BCUT2D eigenvalue weighted by atomic mass is 9.74. The Hall–Kier alpha value is -5.92. The molecule has 0 heterocycles. The highest BCUT2D eigenvalue weighted by molar-refractivity contribution is 6.05. The molecule has 1 unspecified atom stereocenters. The third-order valence-electron chi connectivity index (χ3n) is 11.4. The number of hydrogen-bond acceptors (Lipinski definition) is 1. The molecule has 8 aromatic carbocycles. The largest absolute Gasteiger partial charge is 0.310 e. The van der Waals surface area contributed by atoms with Crippen LogP contribution in [0.3, 0.4) is 0 Å². The second kappa shape index (κ2) is 11.1. The van der Waals surface area contributed by atoms with Gasteiger partial charge in [0.1, 0.15) is 0 Å². The van der Waals surface area contributed by atoms with Crippen LogP contribution in [-0.2, 0) is 11.8 Å². The van der Waals surface area contributed by atoms with Crippen molar-refractivity contribution in [3.05, 3.63) is 198 Å². The van der Waals surface area contributed by atoms with Crippen LogP contribution in [-0.4, -0.2) is 0 Å². The van der Waals surface area contributed by atoms with Gasteiger partial charge in [-0.2, -0.15) is 0 Å². The van der Waals surface area contributed by atoms with E-state index in [1.165, 1.54) is 77.3 Å². The van der Waals surface area contributed by atoms with Crippen molar-refractivity contribution < 1.29 is 0 Å². The molecule has 0 N–H and O–H groups in total. The van der Waals surface area contributed by atoms with Crippen LogP contribution in [0.4, 0.5) is 17.1 Å². The maximum Gasteiger partial charge on any atom is 0.0465 e. The summed E-state index contributed by atoms with van der Waals surface area (Å²) >= 11 is 0. The zero-order chi connectivity index (χ0) is 33.4. The molecular formula is C49H37N. The van der Waals surface area contributed by atoms with Gasteiger partial charge < -0.3 is 4.90 Å². The molecule has 0 aliphatic heterocycles. The number of para-hydroxylation sites is 1. The topological polar surface area (TPSA) is 3.24 Å². The summed E-state index contributed by atoms with van der Waals surface area (Å²) in [7, 11) is 0. The average Bonchev–Trinajstić information content (AvgIpc) is 3.39. The minimum absolute atomic E-state index is 0.0583. The molecule has 0 saturated carbocycles. The molecule has 0 amide bonds. The minimum atomic E-state index is -0.0583. The molecule has 0 saturated heterocycles. The van der Waals surface area contributed by atoms with Gasteiger partial charge in [-0.3, -0.25) is 0 Å². The van der Waals surface area contributed by atoms with E-state index in [0.717, 1.165) is 17.8 Å². The fourth-order valence-corrected chi connectivity index (χ4v) is 8.92. The summed E-state index contributed by atoms with van der Waals surface area (Å²) in [5.41, 5.74) is 15.8. The van der Waals surface area contributed by atoms with Crippen LogP contribution in [0.25, 0.3) is 43.8 Å². The van der Waals surface area contributed by atoms with E-state index in [2.05, 4.69) is 189 Å². The first-order valence-electron chi connectivity index (χ1n) is 17.8. The van der Waals surface area contributed by atoms with Gasteiger partial charge in [-0.15, -0.1) is 0 Å². The van der Waals surface area contributed by atoms with Crippen LogP contribution in [0.2, 0.25) is 0 Å². The van der Waals surface area contributed by atoms with Gasteiger partial charge in [-0.1, -0.05) is 135 Å². The normalized spacial score (nSPS) is 15.0. The number of nitrogens with zero attached hydrogens (tertiary/aromatic N) is 1. The Balaban J connectivity index is 1.06. The molecule has 1 heteroatoms. The summed E-state index contributed by atoms with van der Waals surface area (Å²) in [5, 5.41) is 5.32. The molecule has 50 heavy (non-hydrogen) atoms. The summed E-state index contributed by atoms with van der Waals surface area (Å²) in [6, 6.07) is 63.3. The third kappa shape index (κ3) is 4.40. The monoisotopic (exact) mass is 639 g/mol. The first kappa shape index (κ1) is 29.0. The lowest BCUT2D eigenvalue weighted by Gasteiger charge is -2.30. The predicted molar refractivity (Wildman–Crippen MR) is 211 cm³/mol. The van der Waals surface area contributed by atoms with E-state index in [4.69, 9.17) is 0 Å². The van der Waals surface area contributed by atoms with Crippen LogP contribution in [0.15, 0.2) is 170 Å². The third-order valence-corrected chi connectivity index (χ3v) is 11.4.